The molecule has 0 aliphatic rings. The highest BCUT2D eigenvalue weighted by atomic mass is 16.6. The first-order valence-corrected chi connectivity index (χ1v) is 10.9. The molecule has 0 spiro atoms. The summed E-state index contributed by atoms with van der Waals surface area (Å²) in [6.07, 6.45) is 0.413. The van der Waals surface area contributed by atoms with Crippen LogP contribution in [0.4, 0.5) is 0 Å². The zero-order valence-corrected chi connectivity index (χ0v) is 20.2. The molecule has 10 heteroatoms. The van der Waals surface area contributed by atoms with Crippen LogP contribution in [0.5, 0.6) is 5.75 Å². The van der Waals surface area contributed by atoms with Gasteiger partial charge in [0, 0.05) is 11.3 Å². The van der Waals surface area contributed by atoms with Crippen molar-refractivity contribution >= 4 is 17.7 Å². The van der Waals surface area contributed by atoms with Crippen molar-refractivity contribution in [1.82, 2.24) is 10.6 Å². The predicted octanol–water partition coefficient (Wildman–Crippen LogP) is 1.68. The minimum Gasteiger partial charge on any atom is -0.496 e. The Labute approximate surface area is 194 Å². The normalized spacial score (nSPS) is 14.2. The van der Waals surface area contributed by atoms with Crippen molar-refractivity contribution in [3.05, 3.63) is 39.9 Å². The molecule has 1 rings (SSSR count). The summed E-state index contributed by atoms with van der Waals surface area (Å²) < 4.78 is 5.30. The number of amides is 3. The van der Waals surface area contributed by atoms with Gasteiger partial charge in [-0.25, -0.2) is 0 Å². The van der Waals surface area contributed by atoms with Gasteiger partial charge in [0.15, 0.2) is 0 Å². The third-order valence-electron chi connectivity index (χ3n) is 5.19. The fourth-order valence-corrected chi connectivity index (χ4v) is 3.52. The largest absolute Gasteiger partial charge is 0.496 e. The van der Waals surface area contributed by atoms with Crippen LogP contribution in [0.25, 0.3) is 0 Å². The number of methoxy groups -OCH3 is 1. The summed E-state index contributed by atoms with van der Waals surface area (Å²) in [6, 6.07) is 4.98. The number of nitrogens with zero attached hydrogens (tertiary/aromatic N) is 1. The molecule has 0 saturated heterocycles. The van der Waals surface area contributed by atoms with Crippen LogP contribution in [0.15, 0.2) is 24.3 Å². The third-order valence-corrected chi connectivity index (χ3v) is 5.19. The summed E-state index contributed by atoms with van der Waals surface area (Å²) in [5, 5.41) is 16.3. The monoisotopic (exact) mass is 464 g/mol. The van der Waals surface area contributed by atoms with Crippen LogP contribution in [0.3, 0.4) is 0 Å². The van der Waals surface area contributed by atoms with Crippen molar-refractivity contribution in [2.24, 2.45) is 23.0 Å². The average Bonchev–Trinajstić information content (AvgIpc) is 2.69. The Balaban J connectivity index is 3.08. The number of para-hydroxylation sites is 1. The number of hydrogen-bond donors (Lipinski definition) is 3. The highest BCUT2D eigenvalue weighted by Crippen LogP contribution is 2.23. The van der Waals surface area contributed by atoms with E-state index in [9.17, 15) is 24.5 Å². The average molecular weight is 465 g/mol. The zero-order valence-electron chi connectivity index (χ0n) is 20.2. The maximum absolute atomic E-state index is 13.2. The Hall–Kier alpha value is -3.17. The molecule has 0 saturated carbocycles. The molecule has 0 fully saturated rings. The Morgan fingerprint density at radius 2 is 1.73 bits per heavy atom. The van der Waals surface area contributed by atoms with E-state index in [1.54, 1.807) is 45.0 Å². The Bertz CT molecular complexity index is 850. The fraction of sp³-hybridized carbons (Fsp3) is 0.609. The lowest BCUT2D eigenvalue weighted by atomic mass is 9.85. The summed E-state index contributed by atoms with van der Waals surface area (Å²) in [5.74, 6) is -2.18. The molecule has 3 atom stereocenters. The first kappa shape index (κ1) is 27.9. The van der Waals surface area contributed by atoms with Gasteiger partial charge in [-0.2, -0.15) is 0 Å². The lowest BCUT2D eigenvalue weighted by Crippen LogP contribution is -2.58. The van der Waals surface area contributed by atoms with E-state index in [-0.39, 0.29) is 12.3 Å². The second-order valence-electron chi connectivity index (χ2n) is 9.63. The molecule has 0 bridgehead atoms. The molecule has 0 aliphatic heterocycles. The predicted molar refractivity (Wildman–Crippen MR) is 124 cm³/mol. The molecule has 0 aliphatic carbocycles. The van der Waals surface area contributed by atoms with E-state index in [1.165, 1.54) is 7.11 Å². The van der Waals surface area contributed by atoms with Crippen molar-refractivity contribution in [3.8, 4) is 5.75 Å². The molecule has 0 unspecified atom stereocenters. The van der Waals surface area contributed by atoms with Crippen LogP contribution in [-0.2, 0) is 20.8 Å². The van der Waals surface area contributed by atoms with E-state index >= 15 is 0 Å². The maximum Gasteiger partial charge on any atom is 0.243 e. The van der Waals surface area contributed by atoms with Crippen molar-refractivity contribution in [2.75, 3.05) is 13.7 Å². The number of ether oxygens (including phenoxy) is 1. The summed E-state index contributed by atoms with van der Waals surface area (Å²) >= 11 is 0. The quantitative estimate of drug-likeness (QED) is 0.316. The number of nitrogens with one attached hydrogen (secondary N) is 2. The molecule has 4 N–H and O–H groups in total. The number of carbonyl (C=O) groups excluding carboxylic acids is 3. The molecular weight excluding hydrogens is 428 g/mol. The van der Waals surface area contributed by atoms with Gasteiger partial charge in [0.2, 0.25) is 24.3 Å². The number of nitro groups is 1. The molecule has 1 aromatic rings. The molecule has 3 amide bonds. The van der Waals surface area contributed by atoms with Crippen LogP contribution < -0.4 is 21.1 Å². The lowest BCUT2D eigenvalue weighted by molar-refractivity contribution is -0.486. The van der Waals surface area contributed by atoms with E-state index in [0.29, 0.717) is 17.7 Å². The second kappa shape index (κ2) is 12.2. The molecule has 0 aromatic heterocycles. The molecule has 0 heterocycles. The van der Waals surface area contributed by atoms with Crippen LogP contribution >= 0.6 is 0 Å². The van der Waals surface area contributed by atoms with Gasteiger partial charge in [0.25, 0.3) is 0 Å². The number of nitrogens with two attached hydrogens (primary N) is 1. The maximum atomic E-state index is 13.2. The molecule has 10 nitrogen and oxygen atoms in total. The van der Waals surface area contributed by atoms with Gasteiger partial charge in [-0.15, -0.1) is 0 Å². The van der Waals surface area contributed by atoms with Crippen LogP contribution in [0, 0.1) is 27.4 Å². The van der Waals surface area contributed by atoms with E-state index in [0.717, 1.165) is 0 Å². The summed E-state index contributed by atoms with van der Waals surface area (Å²) in [7, 11) is 1.50. The van der Waals surface area contributed by atoms with Gasteiger partial charge in [0.05, 0.1) is 7.11 Å². The fourth-order valence-electron chi connectivity index (χ4n) is 3.52. The Kier molecular flexibility index (Phi) is 10.3. The van der Waals surface area contributed by atoms with Crippen molar-refractivity contribution in [2.45, 2.75) is 59.5 Å². The van der Waals surface area contributed by atoms with Crippen molar-refractivity contribution < 1.29 is 24.0 Å². The summed E-state index contributed by atoms with van der Waals surface area (Å²) in [6.45, 7) is 8.46. The van der Waals surface area contributed by atoms with Crippen LogP contribution in [-0.4, -0.2) is 48.4 Å². The van der Waals surface area contributed by atoms with E-state index < -0.39 is 52.6 Å². The minimum absolute atomic E-state index is 0.0581. The van der Waals surface area contributed by atoms with Crippen molar-refractivity contribution in [3.63, 3.8) is 0 Å². The first-order valence-electron chi connectivity index (χ1n) is 10.9. The Morgan fingerprint density at radius 1 is 1.12 bits per heavy atom. The van der Waals surface area contributed by atoms with Crippen LogP contribution in [0.1, 0.15) is 46.6 Å². The topological polar surface area (TPSA) is 154 Å². The number of primary amides is 1. The highest BCUT2D eigenvalue weighted by Gasteiger charge is 2.37. The van der Waals surface area contributed by atoms with Gasteiger partial charge in [-0.1, -0.05) is 52.8 Å². The number of hydrogen-bond acceptors (Lipinski definition) is 6. The second-order valence-corrected chi connectivity index (χ2v) is 9.63. The summed E-state index contributed by atoms with van der Waals surface area (Å²) in [4.78, 5) is 48.6. The summed E-state index contributed by atoms with van der Waals surface area (Å²) in [5.41, 5.74) is 5.49. The lowest BCUT2D eigenvalue weighted by Gasteiger charge is -2.32. The van der Waals surface area contributed by atoms with Crippen LogP contribution in [0.2, 0.25) is 0 Å². The van der Waals surface area contributed by atoms with E-state index in [2.05, 4.69) is 10.6 Å². The minimum atomic E-state index is -1.04. The highest BCUT2D eigenvalue weighted by molar-refractivity contribution is 5.92. The van der Waals surface area contributed by atoms with Crippen molar-refractivity contribution in [1.29, 1.82) is 0 Å². The standard InChI is InChI=1S/C23H36N4O6/c1-14(2)11-16(13-27(31)32)21(29)26-19(23(3,4)5)22(30)25-17(20(24)28)12-15-9-7-8-10-18(15)33-6/h7-10,14,16-17,19H,11-13H2,1-6H3,(H2,24,28)(H,25,30)(H,26,29)/t16-,17-,19-/m1/s1. The molecule has 33 heavy (non-hydrogen) atoms. The molecule has 0 radical (unpaired) electrons. The van der Waals surface area contributed by atoms with Gasteiger partial charge in [0.1, 0.15) is 23.8 Å². The third kappa shape index (κ3) is 9.07. The molecule has 184 valence electrons. The number of benzene rings is 1. The van der Waals surface area contributed by atoms with Gasteiger partial charge >= 0.3 is 0 Å². The van der Waals surface area contributed by atoms with Gasteiger partial charge in [-0.3, -0.25) is 24.5 Å². The zero-order chi connectivity index (χ0) is 25.3. The van der Waals surface area contributed by atoms with Gasteiger partial charge < -0.3 is 21.1 Å². The number of carbonyl (C=O) groups is 3. The molecular formula is C23H36N4O6. The first-order chi connectivity index (χ1) is 15.3. The number of rotatable bonds is 12. The Morgan fingerprint density at radius 3 is 2.21 bits per heavy atom. The molecule has 1 aromatic carbocycles. The van der Waals surface area contributed by atoms with E-state index in [1.807, 2.05) is 13.8 Å². The van der Waals surface area contributed by atoms with E-state index in [4.69, 9.17) is 10.5 Å². The smallest absolute Gasteiger partial charge is 0.243 e. The SMILES string of the molecule is COc1ccccc1C[C@@H](NC(=O)[C@@H](NC(=O)[C@H](CC(C)C)C[N+](=O)[O-])C(C)(C)C)C(N)=O. The van der Waals surface area contributed by atoms with Gasteiger partial charge in [-0.05, 0) is 29.4 Å².